The van der Waals surface area contributed by atoms with E-state index in [1.165, 1.54) is 25.7 Å². The third-order valence-corrected chi connectivity index (χ3v) is 3.17. The number of nitrogens with one attached hydrogen (secondary N) is 2. The first kappa shape index (κ1) is 17.4. The van der Waals surface area contributed by atoms with Gasteiger partial charge in [-0.3, -0.25) is 4.79 Å². The van der Waals surface area contributed by atoms with Crippen molar-refractivity contribution < 1.29 is 4.79 Å². The quantitative estimate of drug-likeness (QED) is 0.622. The molecule has 0 saturated carbocycles. The zero-order valence-electron chi connectivity index (χ0n) is 13.1. The first-order valence-corrected chi connectivity index (χ1v) is 7.32. The fraction of sp³-hybridized carbons (Fsp3) is 0.933. The number of amides is 1. The lowest BCUT2D eigenvalue weighted by Crippen LogP contribution is -2.47. The molecule has 0 radical (unpaired) electrons. The first-order valence-electron chi connectivity index (χ1n) is 7.32. The molecule has 0 bridgehead atoms. The van der Waals surface area contributed by atoms with E-state index in [0.29, 0.717) is 0 Å². The van der Waals surface area contributed by atoms with Crippen molar-refractivity contribution in [3.63, 3.8) is 0 Å². The number of unbranched alkanes of at least 4 members (excludes halogenated alkanes) is 2. The normalized spacial score (nSPS) is 13.7. The van der Waals surface area contributed by atoms with Crippen molar-refractivity contribution in [3.05, 3.63) is 0 Å². The second kappa shape index (κ2) is 8.52. The van der Waals surface area contributed by atoms with Crippen LogP contribution in [0.15, 0.2) is 0 Å². The summed E-state index contributed by atoms with van der Waals surface area (Å²) in [5, 5.41) is 6.27. The summed E-state index contributed by atoms with van der Waals surface area (Å²) in [6.07, 6.45) is 5.05. The van der Waals surface area contributed by atoms with Crippen LogP contribution >= 0.6 is 0 Å². The summed E-state index contributed by atoms with van der Waals surface area (Å²) in [6.45, 7) is 13.6. The molecule has 3 heteroatoms. The molecule has 1 atom stereocenters. The van der Waals surface area contributed by atoms with E-state index >= 15 is 0 Å². The fourth-order valence-corrected chi connectivity index (χ4v) is 1.87. The van der Waals surface area contributed by atoms with Crippen LogP contribution < -0.4 is 10.6 Å². The highest BCUT2D eigenvalue weighted by molar-refractivity contribution is 5.81. The zero-order valence-corrected chi connectivity index (χ0v) is 13.1. The smallest absolute Gasteiger partial charge is 0.237 e. The van der Waals surface area contributed by atoms with Gasteiger partial charge in [-0.15, -0.1) is 0 Å². The Balaban J connectivity index is 3.94. The van der Waals surface area contributed by atoms with E-state index in [4.69, 9.17) is 0 Å². The molecular weight excluding hydrogens is 224 g/mol. The van der Waals surface area contributed by atoms with Gasteiger partial charge in [0.15, 0.2) is 0 Å². The molecule has 0 aromatic rings. The highest BCUT2D eigenvalue weighted by Crippen LogP contribution is 2.22. The van der Waals surface area contributed by atoms with Crippen LogP contribution in [0.2, 0.25) is 0 Å². The summed E-state index contributed by atoms with van der Waals surface area (Å²) in [5.74, 6) is 0.0920. The van der Waals surface area contributed by atoms with Gasteiger partial charge in [-0.1, -0.05) is 40.0 Å². The fourth-order valence-electron chi connectivity index (χ4n) is 1.87. The van der Waals surface area contributed by atoms with Crippen molar-refractivity contribution in [2.45, 2.75) is 79.3 Å². The molecule has 1 amide bonds. The average molecular weight is 256 g/mol. The van der Waals surface area contributed by atoms with Crippen molar-refractivity contribution in [2.75, 3.05) is 6.54 Å². The molecule has 0 aliphatic carbocycles. The molecule has 0 saturated heterocycles. The van der Waals surface area contributed by atoms with Gasteiger partial charge >= 0.3 is 0 Å². The van der Waals surface area contributed by atoms with E-state index < -0.39 is 0 Å². The largest absolute Gasteiger partial charge is 0.353 e. The van der Waals surface area contributed by atoms with Crippen molar-refractivity contribution >= 4 is 5.91 Å². The molecule has 0 fully saturated rings. The molecule has 18 heavy (non-hydrogen) atoms. The van der Waals surface area contributed by atoms with Gasteiger partial charge in [-0.05, 0) is 32.6 Å². The van der Waals surface area contributed by atoms with Gasteiger partial charge < -0.3 is 10.6 Å². The maximum absolute atomic E-state index is 11.8. The second-order valence-corrected chi connectivity index (χ2v) is 6.39. The van der Waals surface area contributed by atoms with Gasteiger partial charge in [0.2, 0.25) is 5.91 Å². The predicted octanol–water partition coefficient (Wildman–Crippen LogP) is 3.10. The lowest BCUT2D eigenvalue weighted by molar-refractivity contribution is -0.123. The molecule has 0 rings (SSSR count). The van der Waals surface area contributed by atoms with Crippen LogP contribution in [0, 0.1) is 5.41 Å². The van der Waals surface area contributed by atoms with Gasteiger partial charge in [0.1, 0.15) is 0 Å². The Bertz CT molecular complexity index is 237. The Morgan fingerprint density at radius 1 is 1.17 bits per heavy atom. The van der Waals surface area contributed by atoms with Crippen LogP contribution in [0.1, 0.15) is 67.2 Å². The molecular formula is C15H32N2O. The summed E-state index contributed by atoms with van der Waals surface area (Å²) < 4.78 is 0. The number of carbonyl (C=O) groups is 1. The standard InChI is InChI=1S/C15H32N2O/c1-7-8-9-10-15(5,6)11-16-13(4)14(18)17-12(2)3/h12-13,16H,7-11H2,1-6H3,(H,17,18). The maximum atomic E-state index is 11.8. The lowest BCUT2D eigenvalue weighted by atomic mass is 9.86. The molecule has 0 spiro atoms. The van der Waals surface area contributed by atoms with Crippen LogP contribution in [-0.4, -0.2) is 24.5 Å². The van der Waals surface area contributed by atoms with E-state index in [-0.39, 0.29) is 23.4 Å². The van der Waals surface area contributed by atoms with Crippen molar-refractivity contribution in [2.24, 2.45) is 5.41 Å². The molecule has 0 aliphatic rings. The van der Waals surface area contributed by atoms with Crippen LogP contribution in [0.3, 0.4) is 0 Å². The Hall–Kier alpha value is -0.570. The number of carbonyl (C=O) groups excluding carboxylic acids is 1. The third kappa shape index (κ3) is 8.51. The van der Waals surface area contributed by atoms with E-state index in [0.717, 1.165) is 6.54 Å². The zero-order chi connectivity index (χ0) is 14.2. The summed E-state index contributed by atoms with van der Waals surface area (Å²) in [7, 11) is 0. The molecule has 0 heterocycles. The topological polar surface area (TPSA) is 41.1 Å². The summed E-state index contributed by atoms with van der Waals surface area (Å²) in [6, 6.07) is 0.0946. The molecule has 3 nitrogen and oxygen atoms in total. The molecule has 0 aliphatic heterocycles. The monoisotopic (exact) mass is 256 g/mol. The molecule has 2 N–H and O–H groups in total. The van der Waals surface area contributed by atoms with Crippen molar-refractivity contribution in [1.82, 2.24) is 10.6 Å². The van der Waals surface area contributed by atoms with Gasteiger partial charge in [0, 0.05) is 12.6 Å². The minimum atomic E-state index is -0.113. The van der Waals surface area contributed by atoms with Crippen LogP contribution in [0.5, 0.6) is 0 Å². The van der Waals surface area contributed by atoms with E-state index in [1.54, 1.807) is 0 Å². The SMILES string of the molecule is CCCCCC(C)(C)CNC(C)C(=O)NC(C)C. The molecule has 0 aromatic heterocycles. The second-order valence-electron chi connectivity index (χ2n) is 6.39. The van der Waals surface area contributed by atoms with Crippen molar-refractivity contribution in [1.29, 1.82) is 0 Å². The lowest BCUT2D eigenvalue weighted by Gasteiger charge is -2.27. The van der Waals surface area contributed by atoms with Gasteiger partial charge in [-0.2, -0.15) is 0 Å². The molecule has 1 unspecified atom stereocenters. The molecule has 108 valence electrons. The highest BCUT2D eigenvalue weighted by atomic mass is 16.2. The Morgan fingerprint density at radius 3 is 2.28 bits per heavy atom. The summed E-state index contributed by atoms with van der Waals surface area (Å²) in [4.78, 5) is 11.8. The first-order chi connectivity index (χ1) is 8.28. The summed E-state index contributed by atoms with van der Waals surface area (Å²) in [5.41, 5.74) is 0.265. The minimum absolute atomic E-state index is 0.0920. The maximum Gasteiger partial charge on any atom is 0.237 e. The predicted molar refractivity (Wildman–Crippen MR) is 78.7 cm³/mol. The third-order valence-electron chi connectivity index (χ3n) is 3.17. The van der Waals surface area contributed by atoms with E-state index in [2.05, 4.69) is 31.4 Å². The van der Waals surface area contributed by atoms with Crippen LogP contribution in [0.25, 0.3) is 0 Å². The highest BCUT2D eigenvalue weighted by Gasteiger charge is 2.20. The van der Waals surface area contributed by atoms with E-state index in [1.807, 2.05) is 20.8 Å². The Kier molecular flexibility index (Phi) is 8.25. The van der Waals surface area contributed by atoms with Crippen molar-refractivity contribution in [3.8, 4) is 0 Å². The van der Waals surface area contributed by atoms with E-state index in [9.17, 15) is 4.79 Å². The summed E-state index contributed by atoms with van der Waals surface area (Å²) >= 11 is 0. The van der Waals surface area contributed by atoms with Crippen LogP contribution in [-0.2, 0) is 4.79 Å². The van der Waals surface area contributed by atoms with Gasteiger partial charge in [-0.25, -0.2) is 0 Å². The average Bonchev–Trinajstić information content (AvgIpc) is 2.25. The number of rotatable bonds is 9. The van der Waals surface area contributed by atoms with Gasteiger partial charge in [0.25, 0.3) is 0 Å². The Morgan fingerprint density at radius 2 is 1.78 bits per heavy atom. The number of hydrogen-bond acceptors (Lipinski definition) is 2. The molecule has 0 aromatic carbocycles. The van der Waals surface area contributed by atoms with Crippen LogP contribution in [0.4, 0.5) is 0 Å². The number of hydrogen-bond donors (Lipinski definition) is 2. The minimum Gasteiger partial charge on any atom is -0.353 e. The Labute approximate surface area is 113 Å². The van der Waals surface area contributed by atoms with Gasteiger partial charge in [0.05, 0.1) is 6.04 Å².